The molecule has 43 heavy (non-hydrogen) atoms. The first-order valence-electron chi connectivity index (χ1n) is 15.0. The summed E-state index contributed by atoms with van der Waals surface area (Å²) >= 11 is -1.22. The molecule has 0 spiro atoms. The average molecular weight is 623 g/mol. The first-order valence-corrected chi connectivity index (χ1v) is 19.0. The molecule has 232 valence electrons. The quantitative estimate of drug-likeness (QED) is 0.166. The smallest absolute Gasteiger partial charge is 0.258 e. The second-order valence-corrected chi connectivity index (χ2v) is 21.0. The zero-order chi connectivity index (χ0) is 31.7. The van der Waals surface area contributed by atoms with Gasteiger partial charge >= 0.3 is 0 Å². The standard InChI is InChI=1S/C33H46N4O4SSi/c1-22(2)40-29-17-14-23(20-24(29)21-34)31-35-30(36-41-31)27-13-11-12-26-25(27)15-16-28(26)37(42(38)32(3,4)5)18-19-39-43(9,10)33(6,7)8/h11-14,17,20,22,28H,15-16,18-19H2,1-10H3/t28-,42-/m0/s1. The summed E-state index contributed by atoms with van der Waals surface area (Å²) in [6.07, 6.45) is 1.63. The van der Waals surface area contributed by atoms with Crippen molar-refractivity contribution in [2.24, 2.45) is 0 Å². The molecule has 2 aromatic carbocycles. The molecular formula is C33H46N4O4SSi. The van der Waals surface area contributed by atoms with Crippen LogP contribution in [0, 0.1) is 11.3 Å². The molecule has 0 saturated heterocycles. The van der Waals surface area contributed by atoms with Crippen LogP contribution >= 0.6 is 0 Å². The summed E-state index contributed by atoms with van der Waals surface area (Å²) in [6, 6.07) is 13.7. The predicted octanol–water partition coefficient (Wildman–Crippen LogP) is 7.84. The second kappa shape index (κ2) is 12.7. The molecular weight excluding hydrogens is 577 g/mol. The number of aromatic nitrogens is 2. The number of rotatable bonds is 10. The highest BCUT2D eigenvalue weighted by molar-refractivity contribution is 7.90. The Bertz CT molecular complexity index is 1470. The van der Waals surface area contributed by atoms with E-state index in [0.717, 1.165) is 29.5 Å². The van der Waals surface area contributed by atoms with E-state index in [4.69, 9.17) is 18.7 Å². The van der Waals surface area contributed by atoms with Gasteiger partial charge in [-0.1, -0.05) is 44.1 Å². The van der Waals surface area contributed by atoms with Crippen LogP contribution in [0.1, 0.15) is 84.5 Å². The molecule has 0 aliphatic heterocycles. The largest absolute Gasteiger partial charge is 0.597 e. The molecule has 0 bridgehead atoms. The molecule has 1 aliphatic carbocycles. The summed E-state index contributed by atoms with van der Waals surface area (Å²) in [5.74, 6) is 1.37. The molecule has 1 aromatic heterocycles. The maximum Gasteiger partial charge on any atom is 0.258 e. The van der Waals surface area contributed by atoms with Crippen LogP contribution in [-0.2, 0) is 22.2 Å². The number of hydrogen-bond donors (Lipinski definition) is 0. The Morgan fingerprint density at radius 2 is 1.88 bits per heavy atom. The van der Waals surface area contributed by atoms with Gasteiger partial charge in [0.05, 0.1) is 30.9 Å². The van der Waals surface area contributed by atoms with Crippen LogP contribution in [0.25, 0.3) is 22.8 Å². The molecule has 4 rings (SSSR count). The second-order valence-electron chi connectivity index (χ2n) is 14.0. The third-order valence-corrected chi connectivity index (χ3v) is 14.7. The minimum atomic E-state index is -1.94. The van der Waals surface area contributed by atoms with Crippen molar-refractivity contribution in [2.45, 2.75) is 103 Å². The molecule has 0 saturated carbocycles. The lowest BCUT2D eigenvalue weighted by atomic mass is 10.0. The van der Waals surface area contributed by atoms with E-state index < -0.39 is 24.4 Å². The Hall–Kier alpha value is -2.68. The number of nitriles is 1. The van der Waals surface area contributed by atoms with Crippen molar-refractivity contribution >= 4 is 19.7 Å². The molecule has 2 atom stereocenters. The summed E-state index contributed by atoms with van der Waals surface area (Å²) in [5, 5.41) is 14.1. The van der Waals surface area contributed by atoms with Gasteiger partial charge in [-0.2, -0.15) is 10.2 Å². The highest BCUT2D eigenvalue weighted by Gasteiger charge is 2.43. The van der Waals surface area contributed by atoms with Crippen molar-refractivity contribution in [3.05, 3.63) is 53.1 Å². The Balaban J connectivity index is 1.62. The molecule has 0 unspecified atom stereocenters. The van der Waals surface area contributed by atoms with E-state index in [0.29, 0.717) is 41.7 Å². The average Bonchev–Trinajstić information content (AvgIpc) is 3.57. The Labute approximate surface area is 261 Å². The third-order valence-electron chi connectivity index (χ3n) is 8.28. The van der Waals surface area contributed by atoms with E-state index in [2.05, 4.69) is 55.5 Å². The van der Waals surface area contributed by atoms with Crippen LogP contribution in [0.15, 0.2) is 40.9 Å². The predicted molar refractivity (Wildman–Crippen MR) is 174 cm³/mol. The summed E-state index contributed by atoms with van der Waals surface area (Å²) in [4.78, 5) is 4.72. The van der Waals surface area contributed by atoms with Crippen molar-refractivity contribution in [1.82, 2.24) is 14.4 Å². The molecule has 8 nitrogen and oxygen atoms in total. The van der Waals surface area contributed by atoms with Gasteiger partial charge in [0, 0.05) is 22.5 Å². The minimum absolute atomic E-state index is 0.00363. The van der Waals surface area contributed by atoms with Gasteiger partial charge in [-0.3, -0.25) is 0 Å². The van der Waals surface area contributed by atoms with Gasteiger partial charge in [0.1, 0.15) is 16.6 Å². The van der Waals surface area contributed by atoms with Gasteiger partial charge in [-0.25, -0.2) is 0 Å². The van der Waals surface area contributed by atoms with Gasteiger partial charge < -0.3 is 18.2 Å². The lowest BCUT2D eigenvalue weighted by molar-refractivity contribution is 0.223. The molecule has 0 fully saturated rings. The fourth-order valence-corrected chi connectivity index (χ4v) is 7.44. The van der Waals surface area contributed by atoms with Gasteiger partial charge in [0.2, 0.25) is 5.82 Å². The first kappa shape index (κ1) is 33.2. The molecule has 1 aliphatic rings. The summed E-state index contributed by atoms with van der Waals surface area (Å²) < 4.78 is 33.6. The van der Waals surface area contributed by atoms with Crippen LogP contribution in [0.2, 0.25) is 18.1 Å². The van der Waals surface area contributed by atoms with Gasteiger partial charge in [-0.05, 0) is 94.9 Å². The van der Waals surface area contributed by atoms with Gasteiger partial charge in [0.15, 0.2) is 8.32 Å². The molecule has 0 amide bonds. The van der Waals surface area contributed by atoms with Crippen LogP contribution in [0.5, 0.6) is 5.75 Å². The van der Waals surface area contributed by atoms with E-state index in [1.807, 2.05) is 52.8 Å². The highest BCUT2D eigenvalue weighted by atomic mass is 32.2. The van der Waals surface area contributed by atoms with Gasteiger partial charge in [0.25, 0.3) is 5.89 Å². The highest BCUT2D eigenvalue weighted by Crippen LogP contribution is 2.43. The minimum Gasteiger partial charge on any atom is -0.597 e. The zero-order valence-electron chi connectivity index (χ0n) is 27.3. The Kier molecular flexibility index (Phi) is 9.84. The third kappa shape index (κ3) is 7.35. The number of fused-ring (bicyclic) bond motifs is 1. The normalized spacial score (nSPS) is 16.4. The summed E-state index contributed by atoms with van der Waals surface area (Å²) in [7, 11) is -1.94. The topological polar surface area (TPSA) is 107 Å². The van der Waals surface area contributed by atoms with Crippen LogP contribution < -0.4 is 4.74 Å². The zero-order valence-corrected chi connectivity index (χ0v) is 29.1. The number of nitrogens with zero attached hydrogens (tertiary/aromatic N) is 4. The molecule has 10 heteroatoms. The van der Waals surface area contributed by atoms with E-state index >= 15 is 0 Å². The maximum atomic E-state index is 13.9. The summed E-state index contributed by atoms with van der Waals surface area (Å²) in [5.41, 5.74) is 4.29. The molecule has 0 N–H and O–H groups in total. The Morgan fingerprint density at radius 1 is 1.16 bits per heavy atom. The van der Waals surface area contributed by atoms with E-state index in [9.17, 15) is 9.81 Å². The van der Waals surface area contributed by atoms with E-state index in [1.54, 1.807) is 12.1 Å². The number of hydrogen-bond acceptors (Lipinski definition) is 8. The number of benzene rings is 2. The van der Waals surface area contributed by atoms with Crippen LogP contribution in [0.3, 0.4) is 0 Å². The van der Waals surface area contributed by atoms with E-state index in [1.165, 1.54) is 0 Å². The van der Waals surface area contributed by atoms with Crippen molar-refractivity contribution in [2.75, 3.05) is 13.2 Å². The SMILES string of the molecule is CC(C)Oc1ccc(-c2nc(-c3cccc4c3CC[C@@H]4N(CCO[Si](C)(C)C(C)(C)C)[S@@+]([O-])C(C)(C)C)no2)cc1C#N. The maximum absolute atomic E-state index is 13.9. The Morgan fingerprint density at radius 3 is 2.51 bits per heavy atom. The van der Waals surface area contributed by atoms with Crippen molar-refractivity contribution in [3.63, 3.8) is 0 Å². The van der Waals surface area contributed by atoms with Crippen LogP contribution in [-0.4, -0.2) is 51.3 Å². The first-order chi connectivity index (χ1) is 20.0. The molecule has 0 radical (unpaired) electrons. The van der Waals surface area contributed by atoms with Gasteiger partial charge in [-0.15, -0.1) is 4.31 Å². The van der Waals surface area contributed by atoms with Crippen LogP contribution in [0.4, 0.5) is 0 Å². The molecule has 3 aromatic rings. The monoisotopic (exact) mass is 622 g/mol. The van der Waals surface area contributed by atoms with Crippen molar-refractivity contribution in [3.8, 4) is 34.7 Å². The number of ether oxygens (including phenoxy) is 1. The van der Waals surface area contributed by atoms with Crippen molar-refractivity contribution in [1.29, 1.82) is 5.26 Å². The molecule has 1 heterocycles. The fraction of sp³-hybridized carbons (Fsp3) is 0.545. The summed E-state index contributed by atoms with van der Waals surface area (Å²) in [6.45, 7) is 22.3. The lowest BCUT2D eigenvalue weighted by Gasteiger charge is -2.39. The lowest BCUT2D eigenvalue weighted by Crippen LogP contribution is -2.48. The van der Waals surface area contributed by atoms with E-state index in [-0.39, 0.29) is 17.2 Å². The van der Waals surface area contributed by atoms with Crippen molar-refractivity contribution < 1.29 is 18.2 Å². The fourth-order valence-electron chi connectivity index (χ4n) is 5.01.